The number of hydrogen-bond acceptors (Lipinski definition) is 9. The smallest absolute Gasteiger partial charge is 0.331 e. The number of nitrogens with one attached hydrogen (secondary N) is 1. The van der Waals surface area contributed by atoms with E-state index in [1.165, 1.54) is 14.2 Å². The first-order chi connectivity index (χ1) is 11.4. The van der Waals surface area contributed by atoms with Crippen LogP contribution in [-0.2, 0) is 38.1 Å². The molecule has 0 rings (SSSR count). The molecular weight excluding hydrogens is 322 g/mol. The number of esters is 4. The normalized spacial score (nSPS) is 12.0. The van der Waals surface area contributed by atoms with Gasteiger partial charge >= 0.3 is 23.9 Å². The Balaban J connectivity index is 4.50. The van der Waals surface area contributed by atoms with Crippen LogP contribution in [0, 0.1) is 0 Å². The molecule has 0 aliphatic rings. The summed E-state index contributed by atoms with van der Waals surface area (Å²) in [5.74, 6) is -2.97. The van der Waals surface area contributed by atoms with E-state index in [2.05, 4.69) is 14.8 Å². The molecule has 1 N–H and O–H groups in total. The Labute approximate surface area is 139 Å². The van der Waals surface area contributed by atoms with E-state index in [0.29, 0.717) is 6.54 Å². The van der Waals surface area contributed by atoms with Gasteiger partial charge in [0.25, 0.3) is 0 Å². The molecule has 0 fully saturated rings. The second-order valence-electron chi connectivity index (χ2n) is 4.21. The minimum Gasteiger partial charge on any atom is -0.466 e. The van der Waals surface area contributed by atoms with Crippen molar-refractivity contribution in [1.29, 1.82) is 0 Å². The maximum absolute atomic E-state index is 11.6. The highest BCUT2D eigenvalue weighted by molar-refractivity contribution is 5.92. The monoisotopic (exact) mass is 343 g/mol. The van der Waals surface area contributed by atoms with Crippen LogP contribution >= 0.6 is 0 Å². The average Bonchev–Trinajstić information content (AvgIpc) is 2.59. The van der Waals surface area contributed by atoms with Gasteiger partial charge < -0.3 is 24.3 Å². The van der Waals surface area contributed by atoms with Crippen molar-refractivity contribution >= 4 is 23.9 Å². The van der Waals surface area contributed by atoms with Crippen LogP contribution in [0.3, 0.4) is 0 Å². The van der Waals surface area contributed by atoms with E-state index < -0.39 is 30.0 Å². The zero-order valence-electron chi connectivity index (χ0n) is 13.8. The number of hydrogen-bond donors (Lipinski definition) is 1. The summed E-state index contributed by atoms with van der Waals surface area (Å²) in [4.78, 5) is 44.8. The van der Waals surface area contributed by atoms with E-state index in [1.807, 2.05) is 6.92 Å². The second kappa shape index (κ2) is 12.8. The van der Waals surface area contributed by atoms with Gasteiger partial charge in [0.2, 0.25) is 0 Å². The molecule has 9 nitrogen and oxygen atoms in total. The van der Waals surface area contributed by atoms with E-state index in [-0.39, 0.29) is 13.2 Å². The Kier molecular flexibility index (Phi) is 11.4. The SMILES string of the molecule is CCNCC(COC(=O)/C=C/C(=O)OC)OC(=O)/C=C/C(=O)OC. The van der Waals surface area contributed by atoms with Gasteiger partial charge in [-0.25, -0.2) is 19.2 Å². The number of carbonyl (C=O) groups is 4. The highest BCUT2D eigenvalue weighted by Gasteiger charge is 2.15. The summed E-state index contributed by atoms with van der Waals surface area (Å²) in [6.45, 7) is 2.47. The van der Waals surface area contributed by atoms with Crippen LogP contribution in [0.25, 0.3) is 0 Å². The maximum atomic E-state index is 11.6. The minimum atomic E-state index is -0.789. The Morgan fingerprint density at radius 2 is 1.38 bits per heavy atom. The lowest BCUT2D eigenvalue weighted by molar-refractivity contribution is -0.152. The Hall–Kier alpha value is -2.68. The highest BCUT2D eigenvalue weighted by atomic mass is 16.6. The fourth-order valence-electron chi connectivity index (χ4n) is 1.27. The van der Waals surface area contributed by atoms with Crippen LogP contribution in [0.2, 0.25) is 0 Å². The summed E-state index contributed by atoms with van der Waals surface area (Å²) < 4.78 is 18.6. The first kappa shape index (κ1) is 21.3. The molecule has 0 aliphatic carbocycles. The van der Waals surface area contributed by atoms with Gasteiger partial charge in [0.15, 0.2) is 0 Å². The molecule has 0 spiro atoms. The molecule has 0 aliphatic heterocycles. The second-order valence-corrected chi connectivity index (χ2v) is 4.21. The molecule has 0 radical (unpaired) electrons. The first-order valence-corrected chi connectivity index (χ1v) is 7.03. The molecule has 0 saturated carbocycles. The van der Waals surface area contributed by atoms with Gasteiger partial charge in [-0.3, -0.25) is 0 Å². The third kappa shape index (κ3) is 11.0. The van der Waals surface area contributed by atoms with E-state index >= 15 is 0 Å². The van der Waals surface area contributed by atoms with Crippen LogP contribution in [0.4, 0.5) is 0 Å². The average molecular weight is 343 g/mol. The zero-order chi connectivity index (χ0) is 18.4. The Morgan fingerprint density at radius 1 is 0.875 bits per heavy atom. The lowest BCUT2D eigenvalue weighted by atomic mass is 10.3. The standard InChI is InChI=1S/C15H21NO8/c1-4-16-9-11(24-15(20)8-6-13(18)22-3)10-23-14(19)7-5-12(17)21-2/h5-8,11,16H,4,9-10H2,1-3H3/b7-5+,8-6+. The fourth-order valence-corrected chi connectivity index (χ4v) is 1.27. The summed E-state index contributed by atoms with van der Waals surface area (Å²) >= 11 is 0. The Bertz CT molecular complexity index is 498. The number of rotatable bonds is 10. The third-order valence-corrected chi connectivity index (χ3v) is 2.43. The van der Waals surface area contributed by atoms with Gasteiger partial charge in [0.1, 0.15) is 12.7 Å². The van der Waals surface area contributed by atoms with Gasteiger partial charge in [-0.15, -0.1) is 0 Å². The van der Waals surface area contributed by atoms with E-state index in [1.54, 1.807) is 0 Å². The molecular formula is C15H21NO8. The molecule has 24 heavy (non-hydrogen) atoms. The summed E-state index contributed by atoms with van der Waals surface area (Å²) in [7, 11) is 2.35. The lowest BCUT2D eigenvalue weighted by Gasteiger charge is -2.16. The van der Waals surface area contributed by atoms with Gasteiger partial charge in [-0.2, -0.15) is 0 Å². The molecule has 1 atom stereocenters. The van der Waals surface area contributed by atoms with Crippen molar-refractivity contribution < 1.29 is 38.1 Å². The van der Waals surface area contributed by atoms with Crippen molar-refractivity contribution in [1.82, 2.24) is 5.32 Å². The lowest BCUT2D eigenvalue weighted by Crippen LogP contribution is -2.35. The van der Waals surface area contributed by atoms with Crippen molar-refractivity contribution in [2.45, 2.75) is 13.0 Å². The predicted octanol–water partition coefficient (Wildman–Crippen LogP) is -0.491. The summed E-state index contributed by atoms with van der Waals surface area (Å²) in [6.07, 6.45) is 2.86. The van der Waals surface area contributed by atoms with Crippen LogP contribution < -0.4 is 5.32 Å². The molecule has 0 amide bonds. The van der Waals surface area contributed by atoms with Crippen LogP contribution in [0.15, 0.2) is 24.3 Å². The number of carbonyl (C=O) groups excluding carboxylic acids is 4. The number of methoxy groups -OCH3 is 2. The quantitative estimate of drug-likeness (QED) is 0.318. The zero-order valence-corrected chi connectivity index (χ0v) is 13.8. The molecule has 0 aromatic heterocycles. The van der Waals surface area contributed by atoms with Gasteiger partial charge in [-0.05, 0) is 6.54 Å². The fraction of sp³-hybridized carbons (Fsp3) is 0.467. The molecule has 0 bridgehead atoms. The molecule has 134 valence electrons. The summed E-state index contributed by atoms with van der Waals surface area (Å²) in [6, 6.07) is 0. The van der Waals surface area contributed by atoms with Gasteiger partial charge in [-0.1, -0.05) is 6.92 Å². The van der Waals surface area contributed by atoms with Crippen molar-refractivity contribution in [2.24, 2.45) is 0 Å². The number of likely N-dealkylation sites (N-methyl/N-ethyl adjacent to an activating group) is 1. The van der Waals surface area contributed by atoms with E-state index in [9.17, 15) is 19.2 Å². The van der Waals surface area contributed by atoms with Crippen molar-refractivity contribution in [3.05, 3.63) is 24.3 Å². The third-order valence-electron chi connectivity index (χ3n) is 2.43. The molecule has 0 aromatic rings. The molecule has 0 heterocycles. The van der Waals surface area contributed by atoms with Crippen LogP contribution in [0.1, 0.15) is 6.92 Å². The molecule has 0 aromatic carbocycles. The maximum Gasteiger partial charge on any atom is 0.331 e. The number of ether oxygens (including phenoxy) is 4. The van der Waals surface area contributed by atoms with E-state index in [4.69, 9.17) is 9.47 Å². The van der Waals surface area contributed by atoms with Gasteiger partial charge in [0, 0.05) is 30.8 Å². The topological polar surface area (TPSA) is 117 Å². The van der Waals surface area contributed by atoms with Crippen molar-refractivity contribution in [3.8, 4) is 0 Å². The predicted molar refractivity (Wildman–Crippen MR) is 81.7 cm³/mol. The van der Waals surface area contributed by atoms with Crippen LogP contribution in [-0.4, -0.2) is 63.9 Å². The molecule has 1 unspecified atom stereocenters. The summed E-state index contributed by atoms with van der Waals surface area (Å²) in [5, 5.41) is 2.94. The minimum absolute atomic E-state index is 0.227. The van der Waals surface area contributed by atoms with Gasteiger partial charge in [0.05, 0.1) is 14.2 Å². The van der Waals surface area contributed by atoms with Crippen molar-refractivity contribution in [3.63, 3.8) is 0 Å². The largest absolute Gasteiger partial charge is 0.466 e. The van der Waals surface area contributed by atoms with Crippen LogP contribution in [0.5, 0.6) is 0 Å². The van der Waals surface area contributed by atoms with E-state index in [0.717, 1.165) is 24.3 Å². The summed E-state index contributed by atoms with van der Waals surface area (Å²) in [5.41, 5.74) is 0. The first-order valence-electron chi connectivity index (χ1n) is 7.03. The highest BCUT2D eigenvalue weighted by Crippen LogP contribution is 1.97. The molecule has 0 saturated heterocycles. The van der Waals surface area contributed by atoms with Crippen molar-refractivity contribution in [2.75, 3.05) is 33.9 Å². The molecule has 9 heteroatoms. The Morgan fingerprint density at radius 3 is 1.88 bits per heavy atom.